The molecule has 0 unspecified atom stereocenters. The molecule has 0 spiro atoms. The van der Waals surface area contributed by atoms with E-state index in [4.69, 9.17) is 14.5 Å². The number of amides is 2. The van der Waals surface area contributed by atoms with Gasteiger partial charge in [-0.2, -0.15) is 4.98 Å². The fraction of sp³-hybridized carbons (Fsp3) is 0.200. The molecule has 0 aliphatic carbocycles. The molecular weight excluding hydrogens is 448 g/mol. The number of aromatic amines is 1. The lowest BCUT2D eigenvalue weighted by Crippen LogP contribution is -2.48. The monoisotopic (exact) mass is 472 g/mol. The van der Waals surface area contributed by atoms with Crippen molar-refractivity contribution in [3.8, 4) is 5.75 Å². The Labute approximate surface area is 201 Å². The normalized spacial score (nSPS) is 13.2. The van der Waals surface area contributed by atoms with Crippen molar-refractivity contribution in [2.24, 2.45) is 0 Å². The number of benzene rings is 2. The number of nitrogens with zero attached hydrogens (tertiary/aromatic N) is 3. The summed E-state index contributed by atoms with van der Waals surface area (Å²) < 4.78 is 10.9. The highest BCUT2D eigenvalue weighted by atomic mass is 16.5. The Morgan fingerprint density at radius 3 is 2.54 bits per heavy atom. The zero-order valence-electron chi connectivity index (χ0n) is 19.2. The third-order valence-corrected chi connectivity index (χ3v) is 5.72. The minimum atomic E-state index is -0.353. The third-order valence-electron chi connectivity index (χ3n) is 5.72. The molecule has 3 N–H and O–H groups in total. The lowest BCUT2D eigenvalue weighted by molar-refractivity contribution is -0.00345. The highest BCUT2D eigenvalue weighted by molar-refractivity contribution is 6.06. The van der Waals surface area contributed by atoms with E-state index in [0.29, 0.717) is 46.9 Å². The molecule has 10 nitrogen and oxygen atoms in total. The number of nitrogens with one attached hydrogen (secondary N) is 3. The minimum Gasteiger partial charge on any atom is -0.495 e. The molecule has 0 radical (unpaired) electrons. The molecular formula is C25H24N6O4. The molecule has 4 aromatic rings. The van der Waals surface area contributed by atoms with Gasteiger partial charge in [0.25, 0.3) is 11.8 Å². The summed E-state index contributed by atoms with van der Waals surface area (Å²) in [6.45, 7) is 0.936. The van der Waals surface area contributed by atoms with Crippen LogP contribution < -0.4 is 20.3 Å². The van der Waals surface area contributed by atoms with Crippen LogP contribution in [-0.4, -0.2) is 60.2 Å². The van der Waals surface area contributed by atoms with Gasteiger partial charge in [0.2, 0.25) is 5.95 Å². The van der Waals surface area contributed by atoms with Gasteiger partial charge in [0.15, 0.2) is 0 Å². The average molecular weight is 473 g/mol. The van der Waals surface area contributed by atoms with Gasteiger partial charge in [-0.05, 0) is 30.3 Å². The van der Waals surface area contributed by atoms with Gasteiger partial charge in [-0.15, -0.1) is 0 Å². The second-order valence-electron chi connectivity index (χ2n) is 7.93. The van der Waals surface area contributed by atoms with Gasteiger partial charge < -0.3 is 25.1 Å². The van der Waals surface area contributed by atoms with E-state index in [2.05, 4.69) is 20.6 Å². The van der Waals surface area contributed by atoms with E-state index in [1.807, 2.05) is 30.3 Å². The van der Waals surface area contributed by atoms with Gasteiger partial charge in [-0.1, -0.05) is 24.3 Å². The summed E-state index contributed by atoms with van der Waals surface area (Å²) >= 11 is 0. The number of hydrogen-bond acceptors (Lipinski definition) is 7. The summed E-state index contributed by atoms with van der Waals surface area (Å²) in [6.07, 6.45) is 1.70. The van der Waals surface area contributed by atoms with Crippen molar-refractivity contribution in [2.75, 3.05) is 32.3 Å². The van der Waals surface area contributed by atoms with Crippen LogP contribution in [0.15, 0.2) is 60.8 Å². The smallest absolute Gasteiger partial charge is 0.270 e. The molecule has 0 bridgehead atoms. The predicted octanol–water partition coefficient (Wildman–Crippen LogP) is 2.92. The number of hydrogen-bond donors (Lipinski definition) is 3. The van der Waals surface area contributed by atoms with Crippen LogP contribution in [0.25, 0.3) is 11.0 Å². The van der Waals surface area contributed by atoms with Crippen molar-refractivity contribution < 1.29 is 19.1 Å². The molecule has 178 valence electrons. The molecule has 1 fully saturated rings. The van der Waals surface area contributed by atoms with E-state index >= 15 is 0 Å². The van der Waals surface area contributed by atoms with Crippen LogP contribution >= 0.6 is 0 Å². The molecule has 10 heteroatoms. The second-order valence-corrected chi connectivity index (χ2v) is 7.93. The van der Waals surface area contributed by atoms with Crippen molar-refractivity contribution >= 4 is 40.2 Å². The first kappa shape index (κ1) is 22.4. The third kappa shape index (κ3) is 4.15. The molecule has 35 heavy (non-hydrogen) atoms. The fourth-order valence-corrected chi connectivity index (χ4v) is 3.93. The minimum absolute atomic E-state index is 0.0573. The lowest BCUT2D eigenvalue weighted by Gasteiger charge is -2.29. The Balaban J connectivity index is 1.74. The Bertz CT molecular complexity index is 1380. The highest BCUT2D eigenvalue weighted by Crippen LogP contribution is 2.41. The maximum absolute atomic E-state index is 13.3. The number of ether oxygens (including phenoxy) is 2. The summed E-state index contributed by atoms with van der Waals surface area (Å²) in [5, 5.41) is 6.21. The molecule has 1 aliphatic rings. The maximum Gasteiger partial charge on any atom is 0.270 e. The molecule has 1 aliphatic heterocycles. The van der Waals surface area contributed by atoms with Gasteiger partial charge >= 0.3 is 0 Å². The van der Waals surface area contributed by atoms with E-state index in [1.54, 1.807) is 42.4 Å². The standard InChI is InChI=1S/C25H24N6O4/c1-26-24(33)20-17-11-12-27-22(17)30-25(29-20)31(16-7-4-3-5-8-16)21-18(9-6-10-19(21)34-2)23(32)28-15-13-35-14-15/h3-12,15H,13-14H2,1-2H3,(H,26,33)(H,28,32)(H,27,29,30). The Morgan fingerprint density at radius 2 is 1.86 bits per heavy atom. The van der Waals surface area contributed by atoms with Crippen LogP contribution in [0.4, 0.5) is 17.3 Å². The summed E-state index contributed by atoms with van der Waals surface area (Å²) in [7, 11) is 3.08. The number of carbonyl (C=O) groups is 2. The number of rotatable bonds is 7. The molecule has 1 saturated heterocycles. The first-order valence-corrected chi connectivity index (χ1v) is 11.1. The van der Waals surface area contributed by atoms with Crippen LogP contribution in [-0.2, 0) is 4.74 Å². The first-order valence-electron chi connectivity index (χ1n) is 11.1. The van der Waals surface area contributed by atoms with Crippen LogP contribution in [0, 0.1) is 0 Å². The van der Waals surface area contributed by atoms with Crippen molar-refractivity contribution in [2.45, 2.75) is 6.04 Å². The predicted molar refractivity (Wildman–Crippen MR) is 131 cm³/mol. The van der Waals surface area contributed by atoms with Crippen LogP contribution in [0.2, 0.25) is 0 Å². The SMILES string of the molecule is CNC(=O)c1nc(N(c2ccccc2)c2c(OC)cccc2C(=O)NC2COC2)nc2[nH]ccc12. The summed E-state index contributed by atoms with van der Waals surface area (Å²) in [5.41, 5.74) is 2.21. The molecule has 2 aromatic heterocycles. The van der Waals surface area contributed by atoms with Gasteiger partial charge in [0.05, 0.1) is 37.3 Å². The average Bonchev–Trinajstić information content (AvgIpc) is 3.35. The van der Waals surface area contributed by atoms with Crippen LogP contribution in [0.3, 0.4) is 0 Å². The largest absolute Gasteiger partial charge is 0.495 e. The lowest BCUT2D eigenvalue weighted by atomic mass is 10.1. The van der Waals surface area contributed by atoms with Crippen molar-refractivity contribution in [1.82, 2.24) is 25.6 Å². The van der Waals surface area contributed by atoms with Gasteiger partial charge in [0.1, 0.15) is 22.8 Å². The number of fused-ring (bicyclic) bond motifs is 1. The molecule has 2 aromatic carbocycles. The van der Waals surface area contributed by atoms with Crippen molar-refractivity contribution in [3.05, 3.63) is 72.1 Å². The van der Waals surface area contributed by atoms with Gasteiger partial charge in [-0.25, -0.2) is 4.98 Å². The quantitative estimate of drug-likeness (QED) is 0.378. The highest BCUT2D eigenvalue weighted by Gasteiger charge is 2.29. The molecule has 0 saturated carbocycles. The summed E-state index contributed by atoms with van der Waals surface area (Å²) in [6, 6.07) is 16.3. The van der Waals surface area contributed by atoms with Crippen LogP contribution in [0.5, 0.6) is 5.75 Å². The molecule has 0 atom stereocenters. The number of H-pyrrole nitrogens is 1. The number of anilines is 3. The van der Waals surface area contributed by atoms with Gasteiger partial charge in [-0.3, -0.25) is 14.5 Å². The van der Waals surface area contributed by atoms with Crippen LogP contribution in [0.1, 0.15) is 20.8 Å². The van der Waals surface area contributed by atoms with E-state index in [0.717, 1.165) is 0 Å². The molecule has 3 heterocycles. The fourth-order valence-electron chi connectivity index (χ4n) is 3.93. The van der Waals surface area contributed by atoms with E-state index in [-0.39, 0.29) is 29.5 Å². The zero-order valence-corrected chi connectivity index (χ0v) is 19.2. The number of aromatic nitrogens is 3. The Kier molecular flexibility index (Phi) is 6.02. The number of carbonyl (C=O) groups excluding carboxylic acids is 2. The van der Waals surface area contributed by atoms with Gasteiger partial charge in [0, 0.05) is 18.9 Å². The molecule has 2 amide bonds. The summed E-state index contributed by atoms with van der Waals surface area (Å²) in [5.74, 6) is 0.0214. The Morgan fingerprint density at radius 1 is 1.06 bits per heavy atom. The van der Waals surface area contributed by atoms with Crippen molar-refractivity contribution in [1.29, 1.82) is 0 Å². The second kappa shape index (κ2) is 9.43. The van der Waals surface area contributed by atoms with E-state index in [1.165, 1.54) is 7.11 Å². The zero-order chi connectivity index (χ0) is 24.4. The summed E-state index contributed by atoms with van der Waals surface area (Å²) in [4.78, 5) is 40.2. The van der Waals surface area contributed by atoms with E-state index < -0.39 is 0 Å². The van der Waals surface area contributed by atoms with Crippen molar-refractivity contribution in [3.63, 3.8) is 0 Å². The number of para-hydroxylation sites is 2. The van der Waals surface area contributed by atoms with E-state index in [9.17, 15) is 9.59 Å². The Hall–Kier alpha value is -4.44. The topological polar surface area (TPSA) is 121 Å². The number of methoxy groups -OCH3 is 1. The first-order chi connectivity index (χ1) is 17.1. The maximum atomic E-state index is 13.3. The molecule has 5 rings (SSSR count).